The maximum atomic E-state index is 13.9. The number of nitriles is 1. The average molecular weight is 328 g/mol. The van der Waals surface area contributed by atoms with Gasteiger partial charge in [-0.2, -0.15) is 5.26 Å². The second-order valence-electron chi connectivity index (χ2n) is 5.77. The number of pyridine rings is 1. The molecule has 0 saturated heterocycles. The summed E-state index contributed by atoms with van der Waals surface area (Å²) < 4.78 is 19.6. The van der Waals surface area contributed by atoms with Gasteiger partial charge in [-0.1, -0.05) is 26.2 Å². The first-order valence-corrected chi connectivity index (χ1v) is 8.13. The number of ether oxygens (including phenoxy) is 1. The molecule has 0 aliphatic heterocycles. The molecule has 0 aliphatic rings. The molecule has 4 nitrogen and oxygen atoms in total. The predicted molar refractivity (Wildman–Crippen MR) is 91.5 cm³/mol. The third-order valence-electron chi connectivity index (χ3n) is 3.73. The summed E-state index contributed by atoms with van der Waals surface area (Å²) in [6.07, 6.45) is 4.27. The van der Waals surface area contributed by atoms with Crippen LogP contribution in [-0.4, -0.2) is 11.6 Å². The molecule has 5 heteroatoms. The summed E-state index contributed by atoms with van der Waals surface area (Å²) >= 11 is 0. The number of nitrogens with one attached hydrogen (secondary N) is 1. The van der Waals surface area contributed by atoms with E-state index in [1.165, 1.54) is 12.1 Å². The molecule has 0 unspecified atom stereocenters. The van der Waals surface area contributed by atoms with Crippen molar-refractivity contribution in [3.8, 4) is 22.9 Å². The van der Waals surface area contributed by atoms with Crippen LogP contribution in [0.4, 0.5) is 4.39 Å². The summed E-state index contributed by atoms with van der Waals surface area (Å²) in [5.74, 6) is -0.0544. The molecular weight excluding hydrogens is 307 g/mol. The van der Waals surface area contributed by atoms with E-state index in [1.807, 2.05) is 6.07 Å². The van der Waals surface area contributed by atoms with Gasteiger partial charge in [0.15, 0.2) is 0 Å². The number of benzene rings is 1. The molecule has 2 rings (SSSR count). The fourth-order valence-electron chi connectivity index (χ4n) is 2.55. The number of aromatic amines is 1. The maximum Gasteiger partial charge on any atom is 0.266 e. The first-order valence-electron chi connectivity index (χ1n) is 8.13. The number of aryl methyl sites for hydroxylation is 1. The van der Waals surface area contributed by atoms with Gasteiger partial charge in [0.1, 0.15) is 23.2 Å². The number of halogens is 1. The zero-order chi connectivity index (χ0) is 17.5. The zero-order valence-electron chi connectivity index (χ0n) is 14.0. The van der Waals surface area contributed by atoms with Gasteiger partial charge in [-0.3, -0.25) is 4.79 Å². The molecule has 24 heavy (non-hydrogen) atoms. The standard InChI is InChI=1S/C19H21FN2O2/c1-3-4-5-6-7-24-16-10-14(9-15(20)11-16)17-8-13(2)22-19(23)18(17)12-21/h8-11H,3-7H2,1-2H3,(H,22,23). The number of hydrogen-bond acceptors (Lipinski definition) is 3. The van der Waals surface area contributed by atoms with Gasteiger partial charge in [0.25, 0.3) is 5.56 Å². The molecule has 0 amide bonds. The smallest absolute Gasteiger partial charge is 0.266 e. The number of unbranched alkanes of at least 4 members (excludes halogenated alkanes) is 3. The van der Waals surface area contributed by atoms with Crippen LogP contribution in [0.25, 0.3) is 11.1 Å². The van der Waals surface area contributed by atoms with Crippen LogP contribution in [0, 0.1) is 24.1 Å². The van der Waals surface area contributed by atoms with Crippen molar-refractivity contribution in [2.45, 2.75) is 39.5 Å². The second kappa shape index (κ2) is 8.30. The summed E-state index contributed by atoms with van der Waals surface area (Å²) in [5, 5.41) is 9.22. The van der Waals surface area contributed by atoms with Crippen LogP contribution in [-0.2, 0) is 0 Å². The average Bonchev–Trinajstić information content (AvgIpc) is 2.53. The monoisotopic (exact) mass is 328 g/mol. The van der Waals surface area contributed by atoms with Crippen LogP contribution < -0.4 is 10.3 Å². The van der Waals surface area contributed by atoms with E-state index >= 15 is 0 Å². The second-order valence-corrected chi connectivity index (χ2v) is 5.77. The Morgan fingerprint density at radius 1 is 1.21 bits per heavy atom. The van der Waals surface area contributed by atoms with Crippen molar-refractivity contribution in [2.75, 3.05) is 6.61 Å². The molecule has 0 radical (unpaired) electrons. The molecule has 0 bridgehead atoms. The van der Waals surface area contributed by atoms with Crippen LogP contribution in [0.1, 0.15) is 43.9 Å². The predicted octanol–water partition coefficient (Wildman–Crippen LogP) is 4.32. The molecule has 0 aliphatic carbocycles. The van der Waals surface area contributed by atoms with E-state index in [4.69, 9.17) is 4.74 Å². The lowest BCUT2D eigenvalue weighted by Crippen LogP contribution is -2.12. The van der Waals surface area contributed by atoms with Crippen molar-refractivity contribution in [2.24, 2.45) is 0 Å². The molecule has 0 saturated carbocycles. The number of aromatic nitrogens is 1. The van der Waals surface area contributed by atoms with E-state index < -0.39 is 11.4 Å². The highest BCUT2D eigenvalue weighted by molar-refractivity contribution is 5.71. The summed E-state index contributed by atoms with van der Waals surface area (Å²) in [5.41, 5.74) is 0.984. The Kier molecular flexibility index (Phi) is 6.14. The minimum atomic E-state index is -0.473. The molecule has 1 aromatic heterocycles. The normalized spacial score (nSPS) is 10.4. The van der Waals surface area contributed by atoms with Crippen molar-refractivity contribution < 1.29 is 9.13 Å². The van der Waals surface area contributed by atoms with Crippen LogP contribution in [0.5, 0.6) is 5.75 Å². The van der Waals surface area contributed by atoms with Crippen molar-refractivity contribution in [1.82, 2.24) is 4.98 Å². The highest BCUT2D eigenvalue weighted by Crippen LogP contribution is 2.27. The topological polar surface area (TPSA) is 65.9 Å². The van der Waals surface area contributed by atoms with Crippen molar-refractivity contribution in [3.05, 3.63) is 51.7 Å². The van der Waals surface area contributed by atoms with Gasteiger partial charge in [0.2, 0.25) is 0 Å². The Hall–Kier alpha value is -2.61. The fourth-order valence-corrected chi connectivity index (χ4v) is 2.55. The lowest BCUT2D eigenvalue weighted by atomic mass is 10.0. The van der Waals surface area contributed by atoms with Crippen molar-refractivity contribution in [3.63, 3.8) is 0 Å². The molecule has 0 fully saturated rings. The number of nitrogens with zero attached hydrogens (tertiary/aromatic N) is 1. The SMILES string of the molecule is CCCCCCOc1cc(F)cc(-c2cc(C)[nH]c(=O)c2C#N)c1. The van der Waals surface area contributed by atoms with Gasteiger partial charge >= 0.3 is 0 Å². The molecule has 0 spiro atoms. The minimum Gasteiger partial charge on any atom is -0.493 e. The van der Waals surface area contributed by atoms with E-state index in [1.54, 1.807) is 19.1 Å². The Labute approximate surface area is 140 Å². The lowest BCUT2D eigenvalue weighted by Gasteiger charge is -2.10. The molecule has 0 atom stereocenters. The molecule has 2 aromatic rings. The zero-order valence-corrected chi connectivity index (χ0v) is 14.0. The largest absolute Gasteiger partial charge is 0.493 e. The summed E-state index contributed by atoms with van der Waals surface area (Å²) in [6.45, 7) is 4.37. The minimum absolute atomic E-state index is 0.0277. The number of hydrogen-bond donors (Lipinski definition) is 1. The number of rotatable bonds is 7. The Morgan fingerprint density at radius 3 is 2.71 bits per heavy atom. The summed E-state index contributed by atoms with van der Waals surface area (Å²) in [4.78, 5) is 14.5. The molecule has 126 valence electrons. The van der Waals surface area contributed by atoms with E-state index in [0.29, 0.717) is 29.2 Å². The summed E-state index contributed by atoms with van der Waals surface area (Å²) in [6, 6.07) is 7.84. The number of H-pyrrole nitrogens is 1. The lowest BCUT2D eigenvalue weighted by molar-refractivity contribution is 0.304. The van der Waals surface area contributed by atoms with E-state index in [9.17, 15) is 14.4 Å². The molecule has 1 aromatic carbocycles. The van der Waals surface area contributed by atoms with E-state index in [2.05, 4.69) is 11.9 Å². The Balaban J connectivity index is 2.29. The van der Waals surface area contributed by atoms with E-state index in [0.717, 1.165) is 25.7 Å². The third-order valence-corrected chi connectivity index (χ3v) is 3.73. The first-order chi connectivity index (χ1) is 11.5. The van der Waals surface area contributed by atoms with Gasteiger partial charge in [0, 0.05) is 17.3 Å². The van der Waals surface area contributed by atoms with Crippen molar-refractivity contribution in [1.29, 1.82) is 5.26 Å². The van der Waals surface area contributed by atoms with Crippen LogP contribution in [0.2, 0.25) is 0 Å². The van der Waals surface area contributed by atoms with Gasteiger partial charge in [-0.15, -0.1) is 0 Å². The quantitative estimate of drug-likeness (QED) is 0.770. The van der Waals surface area contributed by atoms with Gasteiger partial charge < -0.3 is 9.72 Å². The highest BCUT2D eigenvalue weighted by Gasteiger charge is 2.12. The van der Waals surface area contributed by atoms with E-state index in [-0.39, 0.29) is 5.56 Å². The Morgan fingerprint density at radius 2 is 2.00 bits per heavy atom. The Bertz CT molecular complexity index is 806. The first kappa shape index (κ1) is 17.7. The highest BCUT2D eigenvalue weighted by atomic mass is 19.1. The van der Waals surface area contributed by atoms with Crippen molar-refractivity contribution >= 4 is 0 Å². The third kappa shape index (κ3) is 4.45. The fraction of sp³-hybridized carbons (Fsp3) is 0.368. The van der Waals surface area contributed by atoms with Gasteiger partial charge in [0.05, 0.1) is 6.61 Å². The van der Waals surface area contributed by atoms with Gasteiger partial charge in [-0.05, 0) is 37.1 Å². The van der Waals surface area contributed by atoms with Crippen LogP contribution in [0.3, 0.4) is 0 Å². The molecule has 1 N–H and O–H groups in total. The molecule has 1 heterocycles. The van der Waals surface area contributed by atoms with Crippen LogP contribution >= 0.6 is 0 Å². The summed E-state index contributed by atoms with van der Waals surface area (Å²) in [7, 11) is 0. The molecular formula is C19H21FN2O2. The maximum absolute atomic E-state index is 13.9. The van der Waals surface area contributed by atoms with Gasteiger partial charge in [-0.25, -0.2) is 4.39 Å². The van der Waals surface area contributed by atoms with Crippen LogP contribution in [0.15, 0.2) is 29.1 Å².